The number of anilines is 1. The molecule has 4 heteroatoms. The Bertz CT molecular complexity index is 836. The molecule has 0 saturated carbocycles. The van der Waals surface area contributed by atoms with E-state index in [0.717, 1.165) is 44.7 Å². The lowest BCUT2D eigenvalue weighted by Gasteiger charge is -2.17. The lowest BCUT2D eigenvalue weighted by atomic mass is 10.1. The number of halogens is 1. The third-order valence-electron chi connectivity index (χ3n) is 4.77. The molecule has 2 aromatic carbocycles. The molecule has 0 atom stereocenters. The van der Waals surface area contributed by atoms with Crippen LogP contribution in [0.1, 0.15) is 17.7 Å². The number of benzene rings is 2. The Balaban J connectivity index is 1.47. The van der Waals surface area contributed by atoms with Crippen LogP contribution in [-0.4, -0.2) is 17.7 Å². The number of nitrogens with one attached hydrogen (secondary N) is 2. The van der Waals surface area contributed by atoms with Crippen LogP contribution in [0.3, 0.4) is 0 Å². The van der Waals surface area contributed by atoms with E-state index in [4.69, 9.17) is 0 Å². The first-order valence-corrected chi connectivity index (χ1v) is 8.62. The van der Waals surface area contributed by atoms with E-state index in [0.29, 0.717) is 0 Å². The molecule has 0 saturated heterocycles. The summed E-state index contributed by atoms with van der Waals surface area (Å²) in [6.07, 6.45) is 2.14. The van der Waals surface area contributed by atoms with Crippen molar-refractivity contribution in [3.05, 3.63) is 65.6 Å². The Kier molecular flexibility index (Phi) is 4.22. The predicted octanol–water partition coefficient (Wildman–Crippen LogP) is 3.93. The van der Waals surface area contributed by atoms with Gasteiger partial charge in [0.25, 0.3) is 0 Å². The van der Waals surface area contributed by atoms with Crippen molar-refractivity contribution < 1.29 is 4.39 Å². The number of nitrogens with zero attached hydrogens (tertiary/aromatic N) is 1. The van der Waals surface area contributed by atoms with Gasteiger partial charge in [-0.3, -0.25) is 0 Å². The second-order valence-corrected chi connectivity index (χ2v) is 6.31. The Labute approximate surface area is 141 Å². The zero-order valence-corrected chi connectivity index (χ0v) is 13.7. The number of para-hydroxylation sites is 1. The topological polar surface area (TPSA) is 29.0 Å². The molecule has 0 unspecified atom stereocenters. The standard InChI is InChI=1S/C20H22FN3/c21-15-6-8-16(9-7-15)23-11-3-13-24-19-5-2-1-4-17(19)18-10-12-22-14-20(18)24/h1-2,4-9,22-23H,3,10-14H2. The molecule has 24 heavy (non-hydrogen) atoms. The Morgan fingerprint density at radius 3 is 2.79 bits per heavy atom. The predicted molar refractivity (Wildman–Crippen MR) is 96.9 cm³/mol. The summed E-state index contributed by atoms with van der Waals surface area (Å²) in [5, 5.41) is 8.26. The lowest BCUT2D eigenvalue weighted by Crippen LogP contribution is -2.25. The molecule has 1 aliphatic rings. The van der Waals surface area contributed by atoms with Crippen molar-refractivity contribution in [2.45, 2.75) is 25.9 Å². The fourth-order valence-corrected chi connectivity index (χ4v) is 3.62. The maximum absolute atomic E-state index is 12.9. The first kappa shape index (κ1) is 15.2. The van der Waals surface area contributed by atoms with Gasteiger partial charge in [0, 0.05) is 41.9 Å². The highest BCUT2D eigenvalue weighted by atomic mass is 19.1. The van der Waals surface area contributed by atoms with Gasteiger partial charge < -0.3 is 15.2 Å². The van der Waals surface area contributed by atoms with Gasteiger partial charge in [-0.1, -0.05) is 18.2 Å². The molecule has 2 heterocycles. The smallest absolute Gasteiger partial charge is 0.123 e. The van der Waals surface area contributed by atoms with Crippen LogP contribution in [-0.2, 0) is 19.5 Å². The van der Waals surface area contributed by atoms with Gasteiger partial charge in [0.05, 0.1) is 0 Å². The SMILES string of the molecule is Fc1ccc(NCCCn2c3c(c4ccccc42)CCNC3)cc1. The Hall–Kier alpha value is -2.33. The van der Waals surface area contributed by atoms with E-state index >= 15 is 0 Å². The number of rotatable bonds is 5. The van der Waals surface area contributed by atoms with Gasteiger partial charge in [-0.25, -0.2) is 4.39 Å². The largest absolute Gasteiger partial charge is 0.385 e. The van der Waals surface area contributed by atoms with E-state index in [2.05, 4.69) is 39.5 Å². The lowest BCUT2D eigenvalue weighted by molar-refractivity contribution is 0.576. The van der Waals surface area contributed by atoms with Crippen molar-refractivity contribution in [2.24, 2.45) is 0 Å². The van der Waals surface area contributed by atoms with Crippen LogP contribution < -0.4 is 10.6 Å². The fourth-order valence-electron chi connectivity index (χ4n) is 3.62. The van der Waals surface area contributed by atoms with Gasteiger partial charge in [0.1, 0.15) is 5.82 Å². The maximum atomic E-state index is 12.9. The second-order valence-electron chi connectivity index (χ2n) is 6.31. The van der Waals surface area contributed by atoms with E-state index in [1.54, 1.807) is 12.1 Å². The van der Waals surface area contributed by atoms with Crippen LogP contribution in [0.5, 0.6) is 0 Å². The number of hydrogen-bond donors (Lipinski definition) is 2. The summed E-state index contributed by atoms with van der Waals surface area (Å²) < 4.78 is 15.4. The summed E-state index contributed by atoms with van der Waals surface area (Å²) in [5.74, 6) is -0.196. The van der Waals surface area contributed by atoms with E-state index in [-0.39, 0.29) is 5.82 Å². The average molecular weight is 323 g/mol. The van der Waals surface area contributed by atoms with Crippen molar-refractivity contribution in [2.75, 3.05) is 18.4 Å². The molecule has 0 amide bonds. The van der Waals surface area contributed by atoms with Gasteiger partial charge in [0.2, 0.25) is 0 Å². The van der Waals surface area contributed by atoms with Crippen LogP contribution in [0.15, 0.2) is 48.5 Å². The van der Waals surface area contributed by atoms with Crippen molar-refractivity contribution >= 4 is 16.6 Å². The summed E-state index contributed by atoms with van der Waals surface area (Å²) >= 11 is 0. The average Bonchev–Trinajstić information content (AvgIpc) is 2.95. The molecule has 0 aliphatic carbocycles. The quantitative estimate of drug-likeness (QED) is 0.697. The van der Waals surface area contributed by atoms with Gasteiger partial charge >= 0.3 is 0 Å². The molecule has 2 N–H and O–H groups in total. The maximum Gasteiger partial charge on any atom is 0.123 e. The minimum Gasteiger partial charge on any atom is -0.385 e. The van der Waals surface area contributed by atoms with Gasteiger partial charge in [-0.05, 0) is 55.3 Å². The highest BCUT2D eigenvalue weighted by Gasteiger charge is 2.18. The molecule has 3 nitrogen and oxygen atoms in total. The third kappa shape index (κ3) is 2.89. The first-order valence-electron chi connectivity index (χ1n) is 8.62. The van der Waals surface area contributed by atoms with Crippen molar-refractivity contribution in [1.82, 2.24) is 9.88 Å². The van der Waals surface area contributed by atoms with Crippen LogP contribution in [0.2, 0.25) is 0 Å². The molecule has 0 spiro atoms. The molecule has 124 valence electrons. The van der Waals surface area contributed by atoms with Gasteiger partial charge in [0.15, 0.2) is 0 Å². The molecule has 3 aromatic rings. The summed E-state index contributed by atoms with van der Waals surface area (Å²) in [6.45, 7) is 3.88. The zero-order chi connectivity index (χ0) is 16.4. The number of hydrogen-bond acceptors (Lipinski definition) is 2. The third-order valence-corrected chi connectivity index (χ3v) is 4.77. The van der Waals surface area contributed by atoms with Crippen LogP contribution in [0, 0.1) is 5.82 Å². The monoisotopic (exact) mass is 323 g/mol. The van der Waals surface area contributed by atoms with E-state index in [1.807, 2.05) is 0 Å². The number of fused-ring (bicyclic) bond motifs is 3. The van der Waals surface area contributed by atoms with Crippen LogP contribution in [0.4, 0.5) is 10.1 Å². The molecule has 1 aromatic heterocycles. The molecular weight excluding hydrogens is 301 g/mol. The summed E-state index contributed by atoms with van der Waals surface area (Å²) in [7, 11) is 0. The van der Waals surface area contributed by atoms with Crippen molar-refractivity contribution in [3.8, 4) is 0 Å². The summed E-state index contributed by atoms with van der Waals surface area (Å²) in [5.41, 5.74) is 5.26. The second kappa shape index (κ2) is 6.65. The number of aryl methyl sites for hydroxylation is 1. The molecular formula is C20H22FN3. The minimum atomic E-state index is -0.196. The van der Waals surface area contributed by atoms with E-state index < -0.39 is 0 Å². The van der Waals surface area contributed by atoms with E-state index in [1.165, 1.54) is 34.3 Å². The highest BCUT2D eigenvalue weighted by molar-refractivity contribution is 5.85. The Morgan fingerprint density at radius 2 is 1.92 bits per heavy atom. The van der Waals surface area contributed by atoms with Crippen LogP contribution >= 0.6 is 0 Å². The molecule has 0 fully saturated rings. The van der Waals surface area contributed by atoms with E-state index in [9.17, 15) is 4.39 Å². The van der Waals surface area contributed by atoms with Gasteiger partial charge in [-0.15, -0.1) is 0 Å². The molecule has 4 rings (SSSR count). The minimum absolute atomic E-state index is 0.196. The first-order chi connectivity index (χ1) is 11.8. The molecule has 1 aliphatic heterocycles. The Morgan fingerprint density at radius 1 is 1.08 bits per heavy atom. The zero-order valence-electron chi connectivity index (χ0n) is 13.7. The fraction of sp³-hybridized carbons (Fsp3) is 0.300. The summed E-state index contributed by atoms with van der Waals surface area (Å²) in [4.78, 5) is 0. The highest BCUT2D eigenvalue weighted by Crippen LogP contribution is 2.28. The van der Waals surface area contributed by atoms with Gasteiger partial charge in [-0.2, -0.15) is 0 Å². The molecule has 0 bridgehead atoms. The normalized spacial score (nSPS) is 13.9. The number of aromatic nitrogens is 1. The summed E-state index contributed by atoms with van der Waals surface area (Å²) in [6, 6.07) is 15.3. The van der Waals surface area contributed by atoms with Crippen molar-refractivity contribution in [3.63, 3.8) is 0 Å². The van der Waals surface area contributed by atoms with Crippen LogP contribution in [0.25, 0.3) is 10.9 Å². The van der Waals surface area contributed by atoms with Crippen molar-refractivity contribution in [1.29, 1.82) is 0 Å². The molecule has 0 radical (unpaired) electrons.